The number of methoxy groups -OCH3 is 2. The molecular weight excluding hydrogens is 246 g/mol. The van der Waals surface area contributed by atoms with E-state index < -0.39 is 0 Å². The molecule has 1 amide bonds. The van der Waals surface area contributed by atoms with Gasteiger partial charge in [-0.1, -0.05) is 6.92 Å². The van der Waals surface area contributed by atoms with E-state index in [0.717, 1.165) is 6.42 Å². The van der Waals surface area contributed by atoms with Crippen LogP contribution >= 0.6 is 0 Å². The quantitative estimate of drug-likeness (QED) is 0.462. The highest BCUT2D eigenvalue weighted by Gasteiger charge is 2.10. The van der Waals surface area contributed by atoms with Crippen molar-refractivity contribution in [2.75, 3.05) is 47.1 Å². The maximum absolute atomic E-state index is 11.7. The minimum Gasteiger partial charge on any atom is -0.383 e. The fraction of sp³-hybridized carbons (Fsp3) is 0.692. The molecule has 0 fully saturated rings. The highest BCUT2D eigenvalue weighted by Crippen LogP contribution is 1.99. The molecule has 0 aromatic heterocycles. The van der Waals surface area contributed by atoms with Crippen molar-refractivity contribution in [1.29, 1.82) is 5.26 Å². The second kappa shape index (κ2) is 11.5. The number of carbonyl (C=O) groups is 1. The summed E-state index contributed by atoms with van der Waals surface area (Å²) in [4.78, 5) is 13.6. The molecular formula is C13H23N3O3. The number of rotatable bonds is 10. The Labute approximate surface area is 115 Å². The van der Waals surface area contributed by atoms with Crippen LogP contribution in [0.25, 0.3) is 0 Å². The van der Waals surface area contributed by atoms with Gasteiger partial charge in [-0.15, -0.1) is 0 Å². The maximum atomic E-state index is 11.7. The first-order valence-corrected chi connectivity index (χ1v) is 6.31. The Morgan fingerprint density at radius 2 is 1.89 bits per heavy atom. The zero-order valence-corrected chi connectivity index (χ0v) is 11.9. The van der Waals surface area contributed by atoms with Crippen molar-refractivity contribution in [1.82, 2.24) is 10.2 Å². The average Bonchev–Trinajstić information content (AvgIpc) is 2.43. The van der Waals surface area contributed by atoms with Crippen molar-refractivity contribution >= 4 is 5.91 Å². The van der Waals surface area contributed by atoms with Gasteiger partial charge in [0.05, 0.1) is 13.2 Å². The van der Waals surface area contributed by atoms with Crippen LogP contribution in [0.3, 0.4) is 0 Å². The molecule has 6 nitrogen and oxygen atoms in total. The summed E-state index contributed by atoms with van der Waals surface area (Å²) in [5, 5.41) is 11.7. The van der Waals surface area contributed by atoms with Crippen LogP contribution in [0.5, 0.6) is 0 Å². The van der Waals surface area contributed by atoms with Crippen LogP contribution in [0, 0.1) is 11.3 Å². The van der Waals surface area contributed by atoms with Crippen molar-refractivity contribution in [3.05, 3.63) is 11.8 Å². The standard InChI is InChI=1S/C13H23N3O3/c1-4-5-15-13(17)12(10-14)11-16(6-8-18-2)7-9-19-3/h11H,4-9H2,1-3H3,(H,15,17)/b12-11-. The van der Waals surface area contributed by atoms with E-state index in [4.69, 9.17) is 14.7 Å². The van der Waals surface area contributed by atoms with Crippen LogP contribution in [-0.2, 0) is 14.3 Å². The molecule has 0 bridgehead atoms. The first-order chi connectivity index (χ1) is 9.19. The molecule has 0 aromatic rings. The summed E-state index contributed by atoms with van der Waals surface area (Å²) in [7, 11) is 3.22. The van der Waals surface area contributed by atoms with Crippen molar-refractivity contribution < 1.29 is 14.3 Å². The SMILES string of the molecule is CCCNC(=O)/C(C#N)=C\N(CCOC)CCOC. The van der Waals surface area contributed by atoms with E-state index in [0.29, 0.717) is 32.8 Å². The predicted octanol–water partition coefficient (Wildman–Crippen LogP) is 0.515. The van der Waals surface area contributed by atoms with Gasteiger partial charge >= 0.3 is 0 Å². The fourth-order valence-electron chi connectivity index (χ4n) is 1.31. The Morgan fingerprint density at radius 3 is 2.32 bits per heavy atom. The van der Waals surface area contributed by atoms with Crippen LogP contribution in [0.4, 0.5) is 0 Å². The largest absolute Gasteiger partial charge is 0.383 e. The lowest BCUT2D eigenvalue weighted by molar-refractivity contribution is -0.117. The van der Waals surface area contributed by atoms with Gasteiger partial charge in [0.1, 0.15) is 11.6 Å². The third-order valence-corrected chi connectivity index (χ3v) is 2.38. The summed E-state index contributed by atoms with van der Waals surface area (Å²) < 4.78 is 10.00. The number of nitrogens with one attached hydrogen (secondary N) is 1. The van der Waals surface area contributed by atoms with Gasteiger partial charge in [0.2, 0.25) is 0 Å². The molecule has 0 aliphatic carbocycles. The number of ether oxygens (including phenoxy) is 2. The summed E-state index contributed by atoms with van der Waals surface area (Å²) >= 11 is 0. The lowest BCUT2D eigenvalue weighted by atomic mass is 10.2. The molecule has 0 radical (unpaired) electrons. The molecule has 0 aromatic carbocycles. The van der Waals surface area contributed by atoms with Crippen molar-refractivity contribution in [2.24, 2.45) is 0 Å². The topological polar surface area (TPSA) is 74.6 Å². The number of hydrogen-bond acceptors (Lipinski definition) is 5. The summed E-state index contributed by atoms with van der Waals surface area (Å²) in [6, 6.07) is 1.92. The average molecular weight is 269 g/mol. The molecule has 0 unspecified atom stereocenters. The van der Waals surface area contributed by atoms with Gasteiger partial charge in [0.25, 0.3) is 5.91 Å². The molecule has 0 aliphatic rings. The molecule has 0 saturated heterocycles. The van der Waals surface area contributed by atoms with Gasteiger partial charge in [0.15, 0.2) is 0 Å². The smallest absolute Gasteiger partial charge is 0.263 e. The first kappa shape index (κ1) is 17.4. The number of nitrogens with zero attached hydrogens (tertiary/aromatic N) is 2. The fourth-order valence-corrected chi connectivity index (χ4v) is 1.31. The molecule has 6 heteroatoms. The Bertz CT molecular complexity index is 316. The van der Waals surface area contributed by atoms with Crippen LogP contribution in [0.2, 0.25) is 0 Å². The molecule has 0 aliphatic heterocycles. The van der Waals surface area contributed by atoms with E-state index in [2.05, 4.69) is 5.32 Å². The number of amides is 1. The summed E-state index contributed by atoms with van der Waals surface area (Å²) in [6.07, 6.45) is 2.39. The Hall–Kier alpha value is -1.58. The summed E-state index contributed by atoms with van der Waals surface area (Å²) in [6.45, 7) is 4.77. The predicted molar refractivity (Wildman–Crippen MR) is 72.3 cm³/mol. The monoisotopic (exact) mass is 269 g/mol. The molecule has 19 heavy (non-hydrogen) atoms. The Morgan fingerprint density at radius 1 is 1.32 bits per heavy atom. The molecule has 0 saturated carbocycles. The van der Waals surface area contributed by atoms with Gasteiger partial charge in [-0.2, -0.15) is 5.26 Å². The zero-order chi connectivity index (χ0) is 14.5. The number of nitriles is 1. The molecule has 0 heterocycles. The molecule has 0 atom stereocenters. The minimum atomic E-state index is -0.343. The highest BCUT2D eigenvalue weighted by atomic mass is 16.5. The van der Waals surface area contributed by atoms with Crippen LogP contribution < -0.4 is 5.32 Å². The zero-order valence-electron chi connectivity index (χ0n) is 11.9. The van der Waals surface area contributed by atoms with Gasteiger partial charge in [-0.25, -0.2) is 0 Å². The minimum absolute atomic E-state index is 0.0978. The molecule has 108 valence electrons. The number of hydrogen-bond donors (Lipinski definition) is 1. The first-order valence-electron chi connectivity index (χ1n) is 6.31. The van der Waals surface area contributed by atoms with E-state index in [1.54, 1.807) is 20.4 Å². The highest BCUT2D eigenvalue weighted by molar-refractivity contribution is 5.97. The third-order valence-electron chi connectivity index (χ3n) is 2.38. The van der Waals surface area contributed by atoms with E-state index >= 15 is 0 Å². The number of carbonyl (C=O) groups excluding carboxylic acids is 1. The molecule has 1 N–H and O–H groups in total. The summed E-state index contributed by atoms with van der Waals surface area (Å²) in [5.74, 6) is -0.343. The van der Waals surface area contributed by atoms with E-state index in [1.165, 1.54) is 0 Å². The van der Waals surface area contributed by atoms with Crippen molar-refractivity contribution in [3.8, 4) is 6.07 Å². The second-order valence-electron chi connectivity index (χ2n) is 3.93. The van der Waals surface area contributed by atoms with Gasteiger partial charge in [-0.3, -0.25) is 4.79 Å². The second-order valence-corrected chi connectivity index (χ2v) is 3.93. The van der Waals surface area contributed by atoms with Crippen molar-refractivity contribution in [2.45, 2.75) is 13.3 Å². The molecule has 0 spiro atoms. The Balaban J connectivity index is 4.63. The maximum Gasteiger partial charge on any atom is 0.263 e. The Kier molecular flexibility index (Phi) is 10.6. The summed E-state index contributed by atoms with van der Waals surface area (Å²) in [5.41, 5.74) is 0.0978. The van der Waals surface area contributed by atoms with Crippen molar-refractivity contribution in [3.63, 3.8) is 0 Å². The molecule has 0 rings (SSSR count). The van der Waals surface area contributed by atoms with Crippen LogP contribution in [0.15, 0.2) is 11.8 Å². The van der Waals surface area contributed by atoms with Gasteiger partial charge in [-0.05, 0) is 6.42 Å². The van der Waals surface area contributed by atoms with Crippen LogP contribution in [0.1, 0.15) is 13.3 Å². The van der Waals surface area contributed by atoms with E-state index in [9.17, 15) is 4.79 Å². The lowest BCUT2D eigenvalue weighted by Gasteiger charge is -2.20. The van der Waals surface area contributed by atoms with Crippen LogP contribution in [-0.4, -0.2) is 57.9 Å². The lowest BCUT2D eigenvalue weighted by Crippen LogP contribution is -2.30. The third kappa shape index (κ3) is 8.19. The van der Waals surface area contributed by atoms with E-state index in [-0.39, 0.29) is 11.5 Å². The van der Waals surface area contributed by atoms with Gasteiger partial charge in [0, 0.05) is 40.1 Å². The van der Waals surface area contributed by atoms with Gasteiger partial charge < -0.3 is 19.7 Å². The normalized spacial score (nSPS) is 10.9. The van der Waals surface area contributed by atoms with E-state index in [1.807, 2.05) is 17.9 Å².